The molecule has 0 aliphatic rings. The van der Waals surface area contributed by atoms with Gasteiger partial charge in [-0.15, -0.1) is 10.2 Å². The van der Waals surface area contributed by atoms with E-state index in [0.29, 0.717) is 32.2 Å². The fraction of sp³-hybridized carbons (Fsp3) is 0.267. The van der Waals surface area contributed by atoms with Crippen LogP contribution in [0, 0.1) is 0 Å². The molecule has 0 fully saturated rings. The third kappa shape index (κ3) is 6.41. The van der Waals surface area contributed by atoms with E-state index in [9.17, 15) is 9.59 Å². The Kier molecular flexibility index (Phi) is 7.30. The monoisotopic (exact) mass is 399 g/mol. The van der Waals surface area contributed by atoms with Gasteiger partial charge in [-0.2, -0.15) is 5.10 Å². The average molecular weight is 400 g/mol. The zero-order valence-electron chi connectivity index (χ0n) is 13.3. The number of hydrogen-bond donors (Lipinski definition) is 2. The second kappa shape index (κ2) is 9.45. The molecule has 2 rings (SSSR count). The molecule has 1 aromatic carbocycles. The lowest BCUT2D eigenvalue weighted by molar-refractivity contribution is -0.120. The summed E-state index contributed by atoms with van der Waals surface area (Å²) < 4.78 is 0. The highest BCUT2D eigenvalue weighted by Gasteiger charge is 2.10. The van der Waals surface area contributed by atoms with Crippen LogP contribution in [-0.2, 0) is 16.0 Å². The number of carbonyl (C=O) groups is 2. The third-order valence-electron chi connectivity index (χ3n) is 2.86. The first-order chi connectivity index (χ1) is 12.0. The van der Waals surface area contributed by atoms with Gasteiger partial charge in [-0.1, -0.05) is 47.5 Å². The van der Waals surface area contributed by atoms with Gasteiger partial charge >= 0.3 is 0 Å². The van der Waals surface area contributed by atoms with Crippen LogP contribution in [0.25, 0.3) is 0 Å². The van der Waals surface area contributed by atoms with E-state index in [4.69, 9.17) is 23.2 Å². The molecular formula is C15H15Cl2N5O2S. The highest BCUT2D eigenvalue weighted by molar-refractivity contribution is 7.15. The number of amides is 2. The molecule has 0 aliphatic carbocycles. The van der Waals surface area contributed by atoms with Crippen LogP contribution >= 0.6 is 34.5 Å². The molecule has 2 amide bonds. The van der Waals surface area contributed by atoms with Gasteiger partial charge in [-0.05, 0) is 18.6 Å². The molecule has 0 saturated carbocycles. The minimum Gasteiger partial charge on any atom is -0.301 e. The summed E-state index contributed by atoms with van der Waals surface area (Å²) in [7, 11) is 0. The largest absolute Gasteiger partial charge is 0.301 e. The van der Waals surface area contributed by atoms with E-state index in [0.717, 1.165) is 17.8 Å². The average Bonchev–Trinajstić information content (AvgIpc) is 2.96. The Morgan fingerprint density at radius 1 is 1.28 bits per heavy atom. The van der Waals surface area contributed by atoms with Gasteiger partial charge in [0.2, 0.25) is 16.9 Å². The summed E-state index contributed by atoms with van der Waals surface area (Å²) in [6.07, 6.45) is 2.59. The Balaban J connectivity index is 1.85. The van der Waals surface area contributed by atoms with Crippen molar-refractivity contribution in [2.45, 2.75) is 26.2 Å². The van der Waals surface area contributed by atoms with Gasteiger partial charge in [0, 0.05) is 17.0 Å². The summed E-state index contributed by atoms with van der Waals surface area (Å²) in [6, 6.07) is 4.95. The van der Waals surface area contributed by atoms with Crippen molar-refractivity contribution in [2.75, 3.05) is 5.32 Å². The molecule has 1 aromatic heterocycles. The number of nitrogens with zero attached hydrogens (tertiary/aromatic N) is 3. The normalized spacial score (nSPS) is 10.8. The molecule has 0 radical (unpaired) electrons. The smallest absolute Gasteiger partial charge is 0.247 e. The van der Waals surface area contributed by atoms with Gasteiger partial charge in [0.1, 0.15) is 5.01 Å². The predicted octanol–water partition coefficient (Wildman–Crippen LogP) is 3.28. The lowest BCUT2D eigenvalue weighted by Gasteiger charge is -1.99. The van der Waals surface area contributed by atoms with E-state index in [-0.39, 0.29) is 18.2 Å². The molecular weight excluding hydrogens is 385 g/mol. The number of benzene rings is 1. The molecule has 1 heterocycles. The summed E-state index contributed by atoms with van der Waals surface area (Å²) >= 11 is 13.0. The summed E-state index contributed by atoms with van der Waals surface area (Å²) in [5.41, 5.74) is 3.01. The van der Waals surface area contributed by atoms with Gasteiger partial charge < -0.3 is 5.32 Å². The number of aromatic nitrogens is 2. The molecule has 0 atom stereocenters. The highest BCUT2D eigenvalue weighted by Crippen LogP contribution is 2.19. The first-order valence-electron chi connectivity index (χ1n) is 7.37. The lowest BCUT2D eigenvalue weighted by atomic mass is 10.2. The minimum absolute atomic E-state index is 0.00695. The number of hydrazone groups is 1. The van der Waals surface area contributed by atoms with Crippen LogP contribution in [0.5, 0.6) is 0 Å². The highest BCUT2D eigenvalue weighted by atomic mass is 35.5. The van der Waals surface area contributed by atoms with Crippen molar-refractivity contribution in [2.24, 2.45) is 5.10 Å². The number of nitrogens with one attached hydrogen (secondary N) is 2. The van der Waals surface area contributed by atoms with Crippen molar-refractivity contribution in [1.82, 2.24) is 15.6 Å². The van der Waals surface area contributed by atoms with Crippen LogP contribution in [0.2, 0.25) is 10.0 Å². The maximum absolute atomic E-state index is 11.8. The van der Waals surface area contributed by atoms with E-state index in [2.05, 4.69) is 26.0 Å². The Morgan fingerprint density at radius 2 is 2.08 bits per heavy atom. The second-order valence-corrected chi connectivity index (χ2v) is 6.84. The van der Waals surface area contributed by atoms with Crippen LogP contribution in [0.3, 0.4) is 0 Å². The van der Waals surface area contributed by atoms with E-state index >= 15 is 0 Å². The molecule has 2 N–H and O–H groups in total. The summed E-state index contributed by atoms with van der Waals surface area (Å²) in [5.74, 6) is -0.483. The molecule has 132 valence electrons. The predicted molar refractivity (Wildman–Crippen MR) is 99.3 cm³/mol. The van der Waals surface area contributed by atoms with Crippen molar-refractivity contribution >= 4 is 57.7 Å². The number of anilines is 1. The van der Waals surface area contributed by atoms with Crippen molar-refractivity contribution in [3.05, 3.63) is 38.8 Å². The number of halogens is 2. The molecule has 2 aromatic rings. The maximum atomic E-state index is 11.8. The molecule has 0 bridgehead atoms. The quantitative estimate of drug-likeness (QED) is 0.551. The van der Waals surface area contributed by atoms with E-state index < -0.39 is 0 Å². The van der Waals surface area contributed by atoms with Crippen LogP contribution in [0.15, 0.2) is 23.3 Å². The van der Waals surface area contributed by atoms with E-state index in [1.54, 1.807) is 18.2 Å². The van der Waals surface area contributed by atoms with E-state index in [1.165, 1.54) is 6.21 Å². The zero-order valence-corrected chi connectivity index (χ0v) is 15.6. The molecule has 0 saturated heterocycles. The molecule has 10 heteroatoms. The van der Waals surface area contributed by atoms with Crippen molar-refractivity contribution in [1.29, 1.82) is 0 Å². The van der Waals surface area contributed by atoms with Crippen molar-refractivity contribution < 1.29 is 9.59 Å². The van der Waals surface area contributed by atoms with Crippen LogP contribution in [-0.4, -0.2) is 28.2 Å². The summed E-state index contributed by atoms with van der Waals surface area (Å²) in [6.45, 7) is 1.91. The molecule has 0 unspecified atom stereocenters. The van der Waals surface area contributed by atoms with Crippen LogP contribution in [0.1, 0.15) is 30.3 Å². The summed E-state index contributed by atoms with van der Waals surface area (Å²) in [4.78, 5) is 23.3. The van der Waals surface area contributed by atoms with Crippen molar-refractivity contribution in [3.8, 4) is 0 Å². The minimum atomic E-state index is -0.357. The fourth-order valence-corrected chi connectivity index (χ4v) is 2.95. The Labute approximate surface area is 158 Å². The van der Waals surface area contributed by atoms with Gasteiger partial charge in [0.15, 0.2) is 0 Å². The summed E-state index contributed by atoms with van der Waals surface area (Å²) in [5, 5.41) is 16.0. The molecule has 25 heavy (non-hydrogen) atoms. The standard InChI is InChI=1S/C15H15Cl2N5O2S/c1-2-3-12(23)19-15-22-21-14(25-15)7-13(24)20-18-8-9-4-5-10(16)6-11(9)17/h4-6,8H,2-3,7H2,1H3,(H,20,24)(H,19,22,23)/b18-8+. The number of carbonyl (C=O) groups excluding carboxylic acids is 2. The Morgan fingerprint density at radius 3 is 2.80 bits per heavy atom. The van der Waals surface area contributed by atoms with Crippen LogP contribution < -0.4 is 10.7 Å². The van der Waals surface area contributed by atoms with Gasteiger partial charge in [0.05, 0.1) is 17.7 Å². The van der Waals surface area contributed by atoms with Crippen molar-refractivity contribution in [3.63, 3.8) is 0 Å². The first-order valence-corrected chi connectivity index (χ1v) is 8.94. The number of rotatable bonds is 7. The van der Waals surface area contributed by atoms with Gasteiger partial charge in [-0.3, -0.25) is 9.59 Å². The van der Waals surface area contributed by atoms with Crippen LogP contribution in [0.4, 0.5) is 5.13 Å². The zero-order chi connectivity index (χ0) is 18.2. The SMILES string of the molecule is CCCC(=O)Nc1nnc(CC(=O)N/N=C/c2ccc(Cl)cc2Cl)s1. The Bertz CT molecular complexity index is 794. The molecule has 0 spiro atoms. The van der Waals surface area contributed by atoms with E-state index in [1.807, 2.05) is 6.92 Å². The second-order valence-electron chi connectivity index (χ2n) is 4.93. The van der Waals surface area contributed by atoms with Gasteiger partial charge in [-0.25, -0.2) is 5.43 Å². The number of hydrogen-bond acceptors (Lipinski definition) is 6. The van der Waals surface area contributed by atoms with Gasteiger partial charge in [0.25, 0.3) is 0 Å². The third-order valence-corrected chi connectivity index (χ3v) is 4.26. The molecule has 0 aliphatic heterocycles. The first kappa shape index (κ1) is 19.3. The maximum Gasteiger partial charge on any atom is 0.247 e. The topological polar surface area (TPSA) is 96.3 Å². The molecule has 7 nitrogen and oxygen atoms in total. The Hall–Kier alpha value is -2.03. The lowest BCUT2D eigenvalue weighted by Crippen LogP contribution is -2.19. The fourth-order valence-electron chi connectivity index (χ4n) is 1.74.